The van der Waals surface area contributed by atoms with E-state index in [-0.39, 0.29) is 56.4 Å². The first-order chi connectivity index (χ1) is 26.4. The van der Waals surface area contributed by atoms with Crippen LogP contribution >= 0.6 is 9.42 Å². The standard InChI is InChI=1S/2C17H13N2.2C6H6O.ClH.Na.2Pt/c2*1-13-10-14(16-6-2-4-8-18-16)12-15(11-13)17-7-3-5-9-19-17;2*7-6-4-2-1-3-5-6;;;;/h2*2-11H,1H3;2*1-5,7H;1H;;;/q2*-1;;;;+1;;+2/p-2. The molecule has 4 aromatic heterocycles. The van der Waals surface area contributed by atoms with E-state index in [1.807, 2.05) is 84.9 Å². The van der Waals surface area contributed by atoms with Gasteiger partial charge in [-0.1, -0.05) is 133 Å². The zero-order chi connectivity index (χ0) is 38.4. The van der Waals surface area contributed by atoms with E-state index >= 15 is 0 Å². The minimum Gasteiger partial charge on any atom is -0.872 e. The third-order valence-electron chi connectivity index (χ3n) is 7.29. The second kappa shape index (κ2) is 27.4. The molecule has 4 heterocycles. The number of pyridine rings is 4. The van der Waals surface area contributed by atoms with Gasteiger partial charge >= 0.3 is 57.7 Å². The number of phenolic OH excluding ortho intramolecular Hbond substituents is 1. The van der Waals surface area contributed by atoms with Gasteiger partial charge in [0.15, 0.2) is 0 Å². The monoisotopic (exact) mass is 1130 g/mol. The third-order valence-corrected chi connectivity index (χ3v) is 7.29. The minimum absolute atomic E-state index is 0. The zero-order valence-corrected chi connectivity index (χ0v) is 38.3. The Morgan fingerprint density at radius 3 is 0.929 bits per heavy atom. The van der Waals surface area contributed by atoms with Gasteiger partial charge in [-0.05, 0) is 36.4 Å². The zero-order valence-electron chi connectivity index (χ0n) is 31.0. The van der Waals surface area contributed by atoms with Gasteiger partial charge in [0.25, 0.3) is 0 Å². The summed E-state index contributed by atoms with van der Waals surface area (Å²) in [5, 5.41) is 18.9. The van der Waals surface area contributed by atoms with Crippen molar-refractivity contribution in [2.45, 2.75) is 13.8 Å². The maximum atomic E-state index is 10.3. The van der Waals surface area contributed by atoms with Crippen LogP contribution in [0.1, 0.15) is 11.1 Å². The number of nitrogens with zero attached hydrogens (tertiary/aromatic N) is 4. The second-order valence-corrected chi connectivity index (χ2v) is 11.5. The predicted octanol–water partition coefficient (Wildman–Crippen LogP) is 7.68. The normalized spacial score (nSPS) is 9.30. The van der Waals surface area contributed by atoms with Crippen molar-refractivity contribution in [3.05, 3.63) is 206 Å². The van der Waals surface area contributed by atoms with Crippen molar-refractivity contribution in [1.29, 1.82) is 0 Å². The number of hydrogen-bond donors (Lipinski definition) is 1. The largest absolute Gasteiger partial charge is 1.00 e. The van der Waals surface area contributed by atoms with E-state index in [1.54, 1.807) is 80.0 Å². The summed E-state index contributed by atoms with van der Waals surface area (Å²) in [5.41, 5.74) is 10.1. The van der Waals surface area contributed by atoms with Crippen molar-refractivity contribution < 1.29 is 79.6 Å². The Kier molecular flexibility index (Phi) is 23.4. The molecule has 0 radical (unpaired) electrons. The van der Waals surface area contributed by atoms with Crippen molar-refractivity contribution in [3.63, 3.8) is 0 Å². The second-order valence-electron chi connectivity index (χ2n) is 11.5. The van der Waals surface area contributed by atoms with Crippen molar-refractivity contribution >= 4 is 9.42 Å². The number of phenols is 1. The fourth-order valence-electron chi connectivity index (χ4n) is 4.92. The molecule has 56 heavy (non-hydrogen) atoms. The predicted molar refractivity (Wildman–Crippen MR) is 213 cm³/mol. The molecule has 1 N–H and O–H groups in total. The molecule has 0 aliphatic rings. The van der Waals surface area contributed by atoms with Crippen LogP contribution < -0.4 is 34.7 Å². The molecule has 0 bridgehead atoms. The molecule has 0 saturated heterocycles. The van der Waals surface area contributed by atoms with Crippen LogP contribution in [0.2, 0.25) is 0 Å². The summed E-state index contributed by atoms with van der Waals surface area (Å²) >= 11 is 1.61. The summed E-state index contributed by atoms with van der Waals surface area (Å²) < 4.78 is 0. The van der Waals surface area contributed by atoms with Crippen LogP contribution in [-0.2, 0) is 39.8 Å². The first kappa shape index (κ1) is 47.9. The summed E-state index contributed by atoms with van der Waals surface area (Å²) in [6.07, 6.45) is 7.19. The quantitative estimate of drug-likeness (QED) is 0.144. The molecule has 0 atom stereocenters. The van der Waals surface area contributed by atoms with E-state index in [0.29, 0.717) is 5.75 Å². The summed E-state index contributed by atoms with van der Waals surface area (Å²) in [4.78, 5) is 17.5. The smallest absolute Gasteiger partial charge is 0.872 e. The molecule has 0 saturated carbocycles. The van der Waals surface area contributed by atoms with Crippen LogP contribution in [0.15, 0.2) is 183 Å². The van der Waals surface area contributed by atoms with Crippen LogP contribution in [0.4, 0.5) is 0 Å². The molecule has 0 aliphatic heterocycles. The van der Waals surface area contributed by atoms with E-state index in [4.69, 9.17) is 5.11 Å². The van der Waals surface area contributed by atoms with E-state index in [1.165, 1.54) is 23.3 Å². The molecule has 0 spiro atoms. The van der Waals surface area contributed by atoms with Gasteiger partial charge < -0.3 is 10.2 Å². The van der Waals surface area contributed by atoms with Gasteiger partial charge in [0.2, 0.25) is 0 Å². The molecule has 8 rings (SSSR count). The fourth-order valence-corrected chi connectivity index (χ4v) is 4.92. The maximum Gasteiger partial charge on any atom is 1.00 e. The molecule has 0 aliphatic carbocycles. The number of aromatic hydroxyl groups is 1. The maximum absolute atomic E-state index is 10.3. The first-order valence-electron chi connectivity index (χ1n) is 16.8. The first-order valence-corrected chi connectivity index (χ1v) is 19.6. The van der Waals surface area contributed by atoms with Gasteiger partial charge in [-0.25, -0.2) is 0 Å². The van der Waals surface area contributed by atoms with Gasteiger partial charge in [0.1, 0.15) is 5.75 Å². The Balaban J connectivity index is 0.000000273. The third kappa shape index (κ3) is 16.9. The Bertz CT molecular complexity index is 1950. The number of halogens is 1. The van der Waals surface area contributed by atoms with Crippen LogP contribution in [0.25, 0.3) is 45.0 Å². The fraction of sp³-hybridized carbons (Fsp3) is 0.0435. The van der Waals surface area contributed by atoms with Gasteiger partial charge in [0, 0.05) is 68.6 Å². The molecule has 4 aromatic carbocycles. The average molecular weight is 1130 g/mol. The topological polar surface area (TPSA) is 94.9 Å². The van der Waals surface area contributed by atoms with E-state index in [9.17, 15) is 5.11 Å². The van der Waals surface area contributed by atoms with Crippen molar-refractivity contribution in [2.24, 2.45) is 0 Å². The Morgan fingerprint density at radius 2 is 0.732 bits per heavy atom. The Hall–Kier alpha value is -4.25. The molecule has 282 valence electrons. The number of hydrogen-bond acceptors (Lipinski definition) is 6. The Labute approximate surface area is 381 Å². The van der Waals surface area contributed by atoms with E-state index in [0.717, 1.165) is 45.0 Å². The molecule has 10 heteroatoms. The molecule has 6 nitrogen and oxygen atoms in total. The van der Waals surface area contributed by atoms with Crippen molar-refractivity contribution in [1.82, 2.24) is 19.9 Å². The Morgan fingerprint density at radius 1 is 0.464 bits per heavy atom. The number of aromatic nitrogens is 4. The number of para-hydroxylation sites is 2. The van der Waals surface area contributed by atoms with Crippen molar-refractivity contribution in [3.8, 4) is 56.5 Å². The molecular formula is C46H37ClN4NaO2Pt2-. The number of rotatable bonds is 4. The summed E-state index contributed by atoms with van der Waals surface area (Å²) in [7, 11) is 4.61. The van der Waals surface area contributed by atoms with Gasteiger partial charge in [-0.3, -0.25) is 19.9 Å². The number of benzene rings is 4. The molecule has 0 unspecified atom stereocenters. The van der Waals surface area contributed by atoms with E-state index < -0.39 is 0 Å². The molecule has 0 amide bonds. The average Bonchev–Trinajstić information content (AvgIpc) is 3.24. The molecular weight excluding hydrogens is 1090 g/mol. The van der Waals surface area contributed by atoms with Crippen LogP contribution in [0.3, 0.4) is 0 Å². The van der Waals surface area contributed by atoms with Gasteiger partial charge in [0.05, 0.1) is 0 Å². The van der Waals surface area contributed by atoms with Crippen molar-refractivity contribution in [2.75, 3.05) is 0 Å². The summed E-state index contributed by atoms with van der Waals surface area (Å²) in [6, 6.07) is 55.8. The number of aryl methyl sites for hydroxylation is 2. The van der Waals surface area contributed by atoms with Crippen LogP contribution in [0.5, 0.6) is 11.5 Å². The van der Waals surface area contributed by atoms with Crippen LogP contribution in [-0.4, -0.2) is 25.0 Å². The van der Waals surface area contributed by atoms with Crippen LogP contribution in [0, 0.1) is 26.0 Å². The van der Waals surface area contributed by atoms with Gasteiger partial charge in [-0.2, -0.15) is 0 Å². The summed E-state index contributed by atoms with van der Waals surface area (Å²) in [6.45, 7) is 4.15. The molecule has 8 aromatic rings. The minimum atomic E-state index is 0. The summed E-state index contributed by atoms with van der Waals surface area (Å²) in [5.74, 6) is 0.394. The SMILES string of the molecule is Cc1cc(-c2ccccn2)[c-]c(-c2ccccn2)c1.Cc1cc(-c2ccccn2)[c-]c(-c2ccccn2)c1.Oc1ccccc1.[Cl][Pt+].[Na+].[O-]c1ccccc1.[Pt]. The molecule has 0 fully saturated rings. The van der Waals surface area contributed by atoms with Gasteiger partial charge in [-0.15, -0.1) is 53.3 Å². The van der Waals surface area contributed by atoms with E-state index in [2.05, 4.69) is 79.6 Å².